The van der Waals surface area contributed by atoms with Crippen LogP contribution in [0.5, 0.6) is 0 Å². The first kappa shape index (κ1) is 8.91. The second-order valence-corrected chi connectivity index (χ2v) is 3.60. The van der Waals surface area contributed by atoms with E-state index in [0.717, 1.165) is 0 Å². The molecule has 0 nitrogen and oxygen atoms in total. The summed E-state index contributed by atoms with van der Waals surface area (Å²) in [6.07, 6.45) is 0. The van der Waals surface area contributed by atoms with Crippen LogP contribution in [-0.4, -0.2) is 17.7 Å². The Morgan fingerprint density at radius 3 is 2.18 bits per heavy atom. The van der Waals surface area contributed by atoms with E-state index in [9.17, 15) is 0 Å². The van der Waals surface area contributed by atoms with Crippen molar-refractivity contribution < 1.29 is 0 Å². The van der Waals surface area contributed by atoms with Gasteiger partial charge in [-0.15, -0.1) is 0 Å². The summed E-state index contributed by atoms with van der Waals surface area (Å²) < 4.78 is 0. The maximum absolute atomic E-state index is 2.28. The van der Waals surface area contributed by atoms with E-state index in [-0.39, 0.29) is 0 Å². The molecule has 0 heterocycles. The Balaban J connectivity index is 2.93. The van der Waals surface area contributed by atoms with Crippen molar-refractivity contribution in [2.24, 2.45) is 0 Å². The van der Waals surface area contributed by atoms with Crippen LogP contribution >= 0.6 is 0 Å². The standard InChI is InChI=1S/C10H13.Li/c1-10(2,3)9-7-5-4-6-8-9;/h4-8H,1H2,2-3H3;. The van der Waals surface area contributed by atoms with Crippen molar-refractivity contribution in [2.45, 2.75) is 24.4 Å². The summed E-state index contributed by atoms with van der Waals surface area (Å²) in [7, 11) is 0. The molecule has 11 heavy (non-hydrogen) atoms. The Kier molecular flexibility index (Phi) is 2.82. The van der Waals surface area contributed by atoms with Gasteiger partial charge in [0.25, 0.3) is 0 Å². The molecule has 0 aromatic heterocycles. The first-order valence-electron chi connectivity index (χ1n) is 4.22. The third kappa shape index (κ3) is 2.12. The van der Waals surface area contributed by atoms with Gasteiger partial charge in [-0.3, -0.25) is 0 Å². The normalized spacial score (nSPS) is 11.6. The summed E-state index contributed by atoms with van der Waals surface area (Å²) >= 11 is 2.23. The van der Waals surface area contributed by atoms with Gasteiger partial charge in [-0.25, -0.2) is 0 Å². The van der Waals surface area contributed by atoms with Gasteiger partial charge in [-0.2, -0.15) is 0 Å². The van der Waals surface area contributed by atoms with Gasteiger partial charge in [0, 0.05) is 0 Å². The molecule has 0 aliphatic rings. The molecule has 1 heteroatoms. The molecule has 0 aliphatic heterocycles. The van der Waals surface area contributed by atoms with Crippen molar-refractivity contribution in [1.82, 2.24) is 0 Å². The van der Waals surface area contributed by atoms with Gasteiger partial charge in [0.05, 0.1) is 0 Å². The zero-order valence-corrected chi connectivity index (χ0v) is 7.59. The van der Waals surface area contributed by atoms with E-state index in [2.05, 4.69) is 61.9 Å². The van der Waals surface area contributed by atoms with Gasteiger partial charge >= 0.3 is 78.0 Å². The van der Waals surface area contributed by atoms with Crippen molar-refractivity contribution in [3.8, 4) is 0 Å². The predicted octanol–water partition coefficient (Wildman–Crippen LogP) is 2.55. The molecule has 0 aliphatic carbocycles. The molecule has 1 rings (SSSR count). The number of rotatable bonds is 2. The average Bonchev–Trinajstić information content (AvgIpc) is 2.06. The van der Waals surface area contributed by atoms with Crippen LogP contribution in [0.1, 0.15) is 19.4 Å². The SMILES string of the molecule is [Li][CH2]C(C)(C)c1ccccc1. The molecule has 0 saturated heterocycles. The van der Waals surface area contributed by atoms with E-state index >= 15 is 0 Å². The molecule has 0 unspecified atom stereocenters. The summed E-state index contributed by atoms with van der Waals surface area (Å²) in [6.45, 7) is 4.56. The van der Waals surface area contributed by atoms with E-state index in [1.807, 2.05) is 0 Å². The first-order chi connectivity index (χ1) is 5.17. The van der Waals surface area contributed by atoms with E-state index in [4.69, 9.17) is 0 Å². The van der Waals surface area contributed by atoms with Crippen LogP contribution < -0.4 is 0 Å². The Hall–Kier alpha value is -0.183. The minimum atomic E-state index is 0.335. The number of hydrogen-bond donors (Lipinski definition) is 0. The van der Waals surface area contributed by atoms with Crippen molar-refractivity contribution >= 4 is 17.7 Å². The molecular formula is C10H13Li. The summed E-state index contributed by atoms with van der Waals surface area (Å²) in [5, 5.41) is 1.19. The third-order valence-electron chi connectivity index (χ3n) is 2.44. The quantitative estimate of drug-likeness (QED) is 0.554. The Labute approximate surface area is 78.2 Å². The summed E-state index contributed by atoms with van der Waals surface area (Å²) in [5.41, 5.74) is 1.77. The molecule has 54 valence electrons. The zero-order valence-electron chi connectivity index (χ0n) is 7.59. The van der Waals surface area contributed by atoms with E-state index in [0.29, 0.717) is 5.41 Å². The molecule has 0 atom stereocenters. The fourth-order valence-corrected chi connectivity index (χ4v) is 1.09. The number of hydrogen-bond acceptors (Lipinski definition) is 0. The van der Waals surface area contributed by atoms with Crippen molar-refractivity contribution in [3.05, 3.63) is 35.9 Å². The fraction of sp³-hybridized carbons (Fsp3) is 0.400. The molecule has 1 aromatic rings. The van der Waals surface area contributed by atoms with Gasteiger partial charge in [0.1, 0.15) is 0 Å². The van der Waals surface area contributed by atoms with Crippen molar-refractivity contribution in [3.63, 3.8) is 0 Å². The van der Waals surface area contributed by atoms with Gasteiger partial charge < -0.3 is 0 Å². The van der Waals surface area contributed by atoms with Crippen LogP contribution in [0.4, 0.5) is 0 Å². The van der Waals surface area contributed by atoms with E-state index in [1.54, 1.807) is 0 Å². The monoisotopic (exact) mass is 140 g/mol. The second kappa shape index (κ2) is 3.48. The molecule has 0 saturated carbocycles. The third-order valence-corrected chi connectivity index (χ3v) is 2.44. The zero-order chi connectivity index (χ0) is 8.32. The van der Waals surface area contributed by atoms with Gasteiger partial charge in [-0.05, 0) is 0 Å². The van der Waals surface area contributed by atoms with Gasteiger partial charge in [-0.1, -0.05) is 0 Å². The van der Waals surface area contributed by atoms with Gasteiger partial charge in [0.15, 0.2) is 0 Å². The molecule has 0 amide bonds. The Morgan fingerprint density at radius 2 is 1.73 bits per heavy atom. The molecule has 1 aromatic carbocycles. The molecule has 0 N–H and O–H groups in total. The number of benzene rings is 1. The van der Waals surface area contributed by atoms with Crippen molar-refractivity contribution in [1.29, 1.82) is 0 Å². The Bertz CT molecular complexity index is 214. The van der Waals surface area contributed by atoms with Crippen LogP contribution in [-0.2, 0) is 5.41 Å². The molecular weight excluding hydrogens is 127 g/mol. The van der Waals surface area contributed by atoms with Crippen LogP contribution in [0.3, 0.4) is 0 Å². The first-order valence-corrected chi connectivity index (χ1v) is 4.22. The topological polar surface area (TPSA) is 0 Å². The van der Waals surface area contributed by atoms with Gasteiger partial charge in [0.2, 0.25) is 0 Å². The molecule has 0 radical (unpaired) electrons. The summed E-state index contributed by atoms with van der Waals surface area (Å²) in [4.78, 5) is 0. The summed E-state index contributed by atoms with van der Waals surface area (Å²) in [5.74, 6) is 0. The maximum atomic E-state index is 2.28. The van der Waals surface area contributed by atoms with Crippen LogP contribution in [0.2, 0.25) is 5.09 Å². The predicted molar refractivity (Wildman–Crippen MR) is 50.0 cm³/mol. The van der Waals surface area contributed by atoms with Crippen LogP contribution in [0.25, 0.3) is 0 Å². The van der Waals surface area contributed by atoms with E-state index in [1.165, 1.54) is 10.7 Å². The van der Waals surface area contributed by atoms with Crippen molar-refractivity contribution in [2.75, 3.05) is 0 Å². The molecule has 0 fully saturated rings. The van der Waals surface area contributed by atoms with Crippen LogP contribution in [0, 0.1) is 0 Å². The fourth-order valence-electron chi connectivity index (χ4n) is 1.09. The van der Waals surface area contributed by atoms with E-state index < -0.39 is 0 Å². The minimum absolute atomic E-state index is 0.335. The Morgan fingerprint density at radius 1 is 1.18 bits per heavy atom. The summed E-state index contributed by atoms with van der Waals surface area (Å²) in [6, 6.07) is 10.7. The molecule has 0 bridgehead atoms. The van der Waals surface area contributed by atoms with Crippen LogP contribution in [0.15, 0.2) is 30.3 Å². The molecule has 0 spiro atoms. The average molecular weight is 140 g/mol. The second-order valence-electron chi connectivity index (χ2n) is 3.60.